The lowest BCUT2D eigenvalue weighted by Gasteiger charge is -2.26. The molecule has 1 unspecified atom stereocenters. The quantitative estimate of drug-likeness (QED) is 0.838. The lowest BCUT2D eigenvalue weighted by atomic mass is 10.1. The SMILES string of the molecule is CC(C)CC1CN=C(NCCN2CCSCC2)S1. The third-order valence-electron chi connectivity index (χ3n) is 3.26. The predicted molar refractivity (Wildman–Crippen MR) is 84.9 cm³/mol. The fourth-order valence-corrected chi connectivity index (χ4v) is 4.57. The molecular weight excluding hydrogens is 262 g/mol. The van der Waals surface area contributed by atoms with E-state index in [-0.39, 0.29) is 0 Å². The van der Waals surface area contributed by atoms with Crippen LogP contribution in [0.2, 0.25) is 0 Å². The van der Waals surface area contributed by atoms with Crippen molar-refractivity contribution >= 4 is 28.7 Å². The number of hydrogen-bond donors (Lipinski definition) is 1. The standard InChI is InChI=1S/C13H25N3S2/c1-11(2)9-12-10-15-13(18-12)14-3-4-16-5-7-17-8-6-16/h11-12H,3-10H2,1-2H3,(H,14,15). The van der Waals surface area contributed by atoms with E-state index in [1.807, 2.05) is 11.8 Å². The van der Waals surface area contributed by atoms with E-state index in [9.17, 15) is 0 Å². The van der Waals surface area contributed by atoms with Crippen LogP contribution >= 0.6 is 23.5 Å². The Morgan fingerprint density at radius 3 is 2.89 bits per heavy atom. The van der Waals surface area contributed by atoms with Crippen LogP contribution in [0.15, 0.2) is 4.99 Å². The highest BCUT2D eigenvalue weighted by molar-refractivity contribution is 8.14. The van der Waals surface area contributed by atoms with Gasteiger partial charge < -0.3 is 5.32 Å². The first kappa shape index (κ1) is 14.5. The number of rotatable bonds is 5. The molecule has 2 rings (SSSR count). The van der Waals surface area contributed by atoms with Crippen LogP contribution in [-0.4, -0.2) is 59.5 Å². The van der Waals surface area contributed by atoms with Gasteiger partial charge in [0.25, 0.3) is 0 Å². The monoisotopic (exact) mass is 287 g/mol. The second-order valence-corrected chi connectivity index (χ2v) is 7.91. The van der Waals surface area contributed by atoms with Gasteiger partial charge in [-0.1, -0.05) is 25.6 Å². The van der Waals surface area contributed by atoms with Gasteiger partial charge >= 0.3 is 0 Å². The lowest BCUT2D eigenvalue weighted by Crippen LogP contribution is -2.38. The van der Waals surface area contributed by atoms with E-state index in [2.05, 4.69) is 40.8 Å². The summed E-state index contributed by atoms with van der Waals surface area (Å²) in [6, 6.07) is 0. The van der Waals surface area contributed by atoms with Crippen molar-refractivity contribution in [2.75, 3.05) is 44.2 Å². The minimum Gasteiger partial charge on any atom is -0.364 e. The Kier molecular flexibility index (Phi) is 6.18. The molecule has 104 valence electrons. The van der Waals surface area contributed by atoms with Crippen molar-refractivity contribution < 1.29 is 0 Å². The summed E-state index contributed by atoms with van der Waals surface area (Å²) in [7, 11) is 0. The highest BCUT2D eigenvalue weighted by Gasteiger charge is 2.20. The summed E-state index contributed by atoms with van der Waals surface area (Å²) in [4.78, 5) is 7.15. The Labute approximate surface area is 120 Å². The number of aliphatic imine (C=N–C) groups is 1. The van der Waals surface area contributed by atoms with Crippen LogP contribution in [0, 0.1) is 5.92 Å². The van der Waals surface area contributed by atoms with E-state index < -0.39 is 0 Å². The smallest absolute Gasteiger partial charge is 0.156 e. The maximum Gasteiger partial charge on any atom is 0.156 e. The minimum absolute atomic E-state index is 0.707. The Bertz CT molecular complexity index is 275. The molecule has 0 spiro atoms. The van der Waals surface area contributed by atoms with Gasteiger partial charge in [0.05, 0.1) is 6.54 Å². The number of amidine groups is 1. The zero-order valence-corrected chi connectivity index (χ0v) is 13.2. The molecule has 0 amide bonds. The summed E-state index contributed by atoms with van der Waals surface area (Å²) in [5.41, 5.74) is 0. The van der Waals surface area contributed by atoms with Gasteiger partial charge in [0.1, 0.15) is 0 Å². The fourth-order valence-electron chi connectivity index (χ4n) is 2.31. The Morgan fingerprint density at radius 1 is 1.39 bits per heavy atom. The summed E-state index contributed by atoms with van der Waals surface area (Å²) in [6.07, 6.45) is 1.28. The molecule has 0 aromatic heterocycles. The molecule has 1 saturated heterocycles. The number of nitrogens with zero attached hydrogens (tertiary/aromatic N) is 2. The largest absolute Gasteiger partial charge is 0.364 e. The number of hydrogen-bond acceptors (Lipinski definition) is 5. The van der Waals surface area contributed by atoms with Gasteiger partial charge in [0.15, 0.2) is 5.17 Å². The molecule has 0 aliphatic carbocycles. The highest BCUT2D eigenvalue weighted by atomic mass is 32.2. The highest BCUT2D eigenvalue weighted by Crippen LogP contribution is 2.25. The van der Waals surface area contributed by atoms with Crippen molar-refractivity contribution in [2.45, 2.75) is 25.5 Å². The van der Waals surface area contributed by atoms with E-state index in [1.54, 1.807) is 0 Å². The van der Waals surface area contributed by atoms with E-state index in [0.717, 1.165) is 25.6 Å². The van der Waals surface area contributed by atoms with Gasteiger partial charge in [0.2, 0.25) is 0 Å². The molecule has 0 aromatic carbocycles. The zero-order chi connectivity index (χ0) is 12.8. The van der Waals surface area contributed by atoms with Crippen molar-refractivity contribution in [1.82, 2.24) is 10.2 Å². The predicted octanol–water partition coefficient (Wildman–Crippen LogP) is 2.14. The summed E-state index contributed by atoms with van der Waals surface area (Å²) in [6.45, 7) is 10.3. The molecule has 0 aromatic rings. The van der Waals surface area contributed by atoms with E-state index in [0.29, 0.717) is 5.25 Å². The molecule has 1 atom stereocenters. The normalized spacial score (nSPS) is 25.5. The molecule has 1 N–H and O–H groups in total. The zero-order valence-electron chi connectivity index (χ0n) is 11.5. The second-order valence-electron chi connectivity index (χ2n) is 5.40. The summed E-state index contributed by atoms with van der Waals surface area (Å²) >= 11 is 4.02. The van der Waals surface area contributed by atoms with Crippen molar-refractivity contribution in [3.63, 3.8) is 0 Å². The van der Waals surface area contributed by atoms with E-state index in [1.165, 1.54) is 36.2 Å². The maximum atomic E-state index is 4.60. The number of thioether (sulfide) groups is 2. The van der Waals surface area contributed by atoms with Gasteiger partial charge in [0, 0.05) is 42.9 Å². The molecule has 5 heteroatoms. The molecule has 2 aliphatic rings. The van der Waals surface area contributed by atoms with Crippen LogP contribution in [-0.2, 0) is 0 Å². The first-order valence-corrected chi connectivity index (χ1v) is 9.02. The van der Waals surface area contributed by atoms with Crippen LogP contribution in [0.1, 0.15) is 20.3 Å². The third kappa shape index (κ3) is 5.02. The molecule has 0 saturated carbocycles. The molecule has 2 aliphatic heterocycles. The third-order valence-corrected chi connectivity index (χ3v) is 5.37. The van der Waals surface area contributed by atoms with Crippen LogP contribution in [0.5, 0.6) is 0 Å². The van der Waals surface area contributed by atoms with Gasteiger partial charge in [-0.3, -0.25) is 9.89 Å². The van der Waals surface area contributed by atoms with Crippen LogP contribution in [0.25, 0.3) is 0 Å². The van der Waals surface area contributed by atoms with E-state index >= 15 is 0 Å². The van der Waals surface area contributed by atoms with Gasteiger partial charge in [-0.2, -0.15) is 11.8 Å². The lowest BCUT2D eigenvalue weighted by molar-refractivity contribution is 0.307. The van der Waals surface area contributed by atoms with Crippen LogP contribution < -0.4 is 5.32 Å². The first-order chi connectivity index (χ1) is 8.74. The Hall–Kier alpha value is 0.130. The molecule has 3 nitrogen and oxygen atoms in total. The maximum absolute atomic E-state index is 4.60. The molecule has 0 radical (unpaired) electrons. The second kappa shape index (κ2) is 7.65. The van der Waals surface area contributed by atoms with Gasteiger partial charge in [-0.15, -0.1) is 0 Å². The van der Waals surface area contributed by atoms with Crippen LogP contribution in [0.3, 0.4) is 0 Å². The summed E-state index contributed by atoms with van der Waals surface area (Å²) < 4.78 is 0. The fraction of sp³-hybridized carbons (Fsp3) is 0.923. The molecule has 1 fully saturated rings. The topological polar surface area (TPSA) is 27.6 Å². The van der Waals surface area contributed by atoms with Crippen molar-refractivity contribution in [3.05, 3.63) is 0 Å². The van der Waals surface area contributed by atoms with Crippen molar-refractivity contribution in [3.8, 4) is 0 Å². The molecule has 2 heterocycles. The molecule has 0 bridgehead atoms. The Morgan fingerprint density at radius 2 is 2.17 bits per heavy atom. The average Bonchev–Trinajstić information content (AvgIpc) is 2.77. The average molecular weight is 287 g/mol. The first-order valence-electron chi connectivity index (χ1n) is 6.99. The van der Waals surface area contributed by atoms with E-state index in [4.69, 9.17) is 0 Å². The minimum atomic E-state index is 0.707. The van der Waals surface area contributed by atoms with Crippen molar-refractivity contribution in [1.29, 1.82) is 0 Å². The Balaban J connectivity index is 1.57. The molecular formula is C13H25N3S2. The molecule has 18 heavy (non-hydrogen) atoms. The summed E-state index contributed by atoms with van der Waals surface area (Å²) in [5, 5.41) is 5.38. The van der Waals surface area contributed by atoms with Gasteiger partial charge in [-0.25, -0.2) is 0 Å². The number of nitrogens with one attached hydrogen (secondary N) is 1. The van der Waals surface area contributed by atoms with Gasteiger partial charge in [-0.05, 0) is 12.3 Å². The summed E-state index contributed by atoms with van der Waals surface area (Å²) in [5.74, 6) is 3.38. The van der Waals surface area contributed by atoms with Crippen LogP contribution in [0.4, 0.5) is 0 Å². The van der Waals surface area contributed by atoms with Crippen molar-refractivity contribution in [2.24, 2.45) is 10.9 Å².